The van der Waals surface area contributed by atoms with Crippen molar-refractivity contribution in [3.63, 3.8) is 0 Å². The molecule has 0 atom stereocenters. The topological polar surface area (TPSA) is 56.5 Å². The predicted octanol–water partition coefficient (Wildman–Crippen LogP) is 1.97. The molecule has 0 amide bonds. The average Bonchev–Trinajstić information content (AvgIpc) is 2.29. The Labute approximate surface area is 91.4 Å². The van der Waals surface area contributed by atoms with Crippen molar-refractivity contribution >= 4 is 16.9 Å². The zero-order valence-electron chi connectivity index (χ0n) is 8.73. The van der Waals surface area contributed by atoms with Crippen molar-refractivity contribution in [3.8, 4) is 0 Å². The van der Waals surface area contributed by atoms with E-state index in [1.165, 1.54) is 18.4 Å². The van der Waals surface area contributed by atoms with Crippen molar-refractivity contribution in [1.29, 1.82) is 0 Å². The molecule has 0 bridgehead atoms. The minimum absolute atomic E-state index is 0.174. The van der Waals surface area contributed by atoms with E-state index in [2.05, 4.69) is 0 Å². The van der Waals surface area contributed by atoms with Gasteiger partial charge in [-0.2, -0.15) is 0 Å². The molecule has 82 valence electrons. The van der Waals surface area contributed by atoms with E-state index in [1.807, 2.05) is 0 Å². The first kappa shape index (κ1) is 10.4. The van der Waals surface area contributed by atoms with Crippen LogP contribution in [-0.2, 0) is 4.74 Å². The van der Waals surface area contributed by atoms with Gasteiger partial charge in [-0.1, -0.05) is 0 Å². The molecule has 0 aliphatic rings. The third-order valence-electron chi connectivity index (χ3n) is 2.17. The fourth-order valence-electron chi connectivity index (χ4n) is 1.43. The highest BCUT2D eigenvalue weighted by Crippen LogP contribution is 2.12. The smallest absolute Gasteiger partial charge is 0.338 e. The van der Waals surface area contributed by atoms with Crippen molar-refractivity contribution in [2.24, 2.45) is 0 Å². The van der Waals surface area contributed by atoms with Gasteiger partial charge in [0.25, 0.3) is 0 Å². The van der Waals surface area contributed by atoms with Gasteiger partial charge >= 0.3 is 5.97 Å². The Morgan fingerprint density at radius 1 is 1.38 bits per heavy atom. The van der Waals surface area contributed by atoms with Gasteiger partial charge in [-0.25, -0.2) is 4.79 Å². The molecule has 0 unspecified atom stereocenters. The van der Waals surface area contributed by atoms with Crippen LogP contribution in [-0.4, -0.2) is 12.6 Å². The summed E-state index contributed by atoms with van der Waals surface area (Å²) in [5.74, 6) is -0.437. The van der Waals surface area contributed by atoms with Gasteiger partial charge in [0.15, 0.2) is 5.43 Å². The van der Waals surface area contributed by atoms with E-state index in [4.69, 9.17) is 9.15 Å². The number of esters is 1. The first-order chi connectivity index (χ1) is 7.72. The van der Waals surface area contributed by atoms with Gasteiger partial charge < -0.3 is 9.15 Å². The fraction of sp³-hybridized carbons (Fsp3) is 0.167. The molecule has 1 heterocycles. The minimum Gasteiger partial charge on any atom is -0.464 e. The van der Waals surface area contributed by atoms with E-state index in [0.717, 1.165) is 0 Å². The SMILES string of the molecule is CCOC(=O)c1ccc2occc(=O)c2c1. The lowest BCUT2D eigenvalue weighted by atomic mass is 10.1. The second kappa shape index (κ2) is 4.18. The molecule has 1 aromatic carbocycles. The molecule has 4 nitrogen and oxygen atoms in total. The molecule has 0 aliphatic carbocycles. The van der Waals surface area contributed by atoms with Crippen LogP contribution >= 0.6 is 0 Å². The monoisotopic (exact) mass is 218 g/mol. The summed E-state index contributed by atoms with van der Waals surface area (Å²) in [5.41, 5.74) is 0.640. The van der Waals surface area contributed by atoms with Crippen LogP contribution in [0.15, 0.2) is 39.7 Å². The molecule has 0 radical (unpaired) electrons. The van der Waals surface area contributed by atoms with E-state index >= 15 is 0 Å². The first-order valence-corrected chi connectivity index (χ1v) is 4.91. The molecule has 0 N–H and O–H groups in total. The van der Waals surface area contributed by atoms with Gasteiger partial charge in [-0.3, -0.25) is 4.79 Å². The summed E-state index contributed by atoms with van der Waals surface area (Å²) in [6.07, 6.45) is 1.33. The number of carbonyl (C=O) groups is 1. The summed E-state index contributed by atoms with van der Waals surface area (Å²) in [6.45, 7) is 2.04. The summed E-state index contributed by atoms with van der Waals surface area (Å²) in [5, 5.41) is 0.382. The van der Waals surface area contributed by atoms with Crippen LogP contribution < -0.4 is 5.43 Å². The first-order valence-electron chi connectivity index (χ1n) is 4.91. The van der Waals surface area contributed by atoms with Gasteiger partial charge in [0, 0.05) is 6.07 Å². The Kier molecular flexibility index (Phi) is 2.72. The van der Waals surface area contributed by atoms with E-state index < -0.39 is 5.97 Å². The number of rotatable bonds is 2. The molecule has 2 rings (SSSR count). The van der Waals surface area contributed by atoms with Crippen LogP contribution in [0, 0.1) is 0 Å². The third kappa shape index (κ3) is 1.82. The number of hydrogen-bond acceptors (Lipinski definition) is 4. The largest absolute Gasteiger partial charge is 0.464 e. The zero-order chi connectivity index (χ0) is 11.5. The Morgan fingerprint density at radius 2 is 2.19 bits per heavy atom. The van der Waals surface area contributed by atoms with Crippen LogP contribution in [0.25, 0.3) is 11.0 Å². The van der Waals surface area contributed by atoms with Crippen molar-refractivity contribution in [2.45, 2.75) is 6.92 Å². The molecule has 0 spiro atoms. The summed E-state index contributed by atoms with van der Waals surface area (Å²) in [4.78, 5) is 22.9. The lowest BCUT2D eigenvalue weighted by Crippen LogP contribution is -2.06. The predicted molar refractivity (Wildman–Crippen MR) is 58.4 cm³/mol. The summed E-state index contributed by atoms with van der Waals surface area (Å²) >= 11 is 0. The van der Waals surface area contributed by atoms with Gasteiger partial charge in [-0.05, 0) is 25.1 Å². The van der Waals surface area contributed by atoms with Crippen LogP contribution in [0.1, 0.15) is 17.3 Å². The number of benzene rings is 1. The normalized spacial score (nSPS) is 10.3. The average molecular weight is 218 g/mol. The van der Waals surface area contributed by atoms with Crippen LogP contribution in [0.5, 0.6) is 0 Å². The lowest BCUT2D eigenvalue weighted by molar-refractivity contribution is 0.0526. The molecule has 0 aliphatic heterocycles. The quantitative estimate of drug-likeness (QED) is 0.723. The second-order valence-electron chi connectivity index (χ2n) is 3.22. The molecule has 0 saturated heterocycles. The number of ether oxygens (including phenoxy) is 1. The summed E-state index contributed by atoms with van der Waals surface area (Å²) < 4.78 is 9.98. The van der Waals surface area contributed by atoms with E-state index in [-0.39, 0.29) is 5.43 Å². The van der Waals surface area contributed by atoms with Crippen molar-refractivity contribution in [1.82, 2.24) is 0 Å². The zero-order valence-corrected chi connectivity index (χ0v) is 8.73. The van der Waals surface area contributed by atoms with Gasteiger partial charge in [0.05, 0.1) is 23.8 Å². The number of hydrogen-bond donors (Lipinski definition) is 0. The van der Waals surface area contributed by atoms with E-state index in [9.17, 15) is 9.59 Å². The van der Waals surface area contributed by atoms with Crippen LogP contribution in [0.4, 0.5) is 0 Å². The molecular weight excluding hydrogens is 208 g/mol. The number of carbonyl (C=O) groups excluding carboxylic acids is 1. The maximum atomic E-state index is 11.5. The van der Waals surface area contributed by atoms with Crippen molar-refractivity contribution < 1.29 is 13.9 Å². The maximum absolute atomic E-state index is 11.5. The molecule has 4 heteroatoms. The third-order valence-corrected chi connectivity index (χ3v) is 2.17. The van der Waals surface area contributed by atoms with Gasteiger partial charge in [-0.15, -0.1) is 0 Å². The van der Waals surface area contributed by atoms with Gasteiger partial charge in [0.1, 0.15) is 5.58 Å². The van der Waals surface area contributed by atoms with Crippen molar-refractivity contribution in [2.75, 3.05) is 6.61 Å². The Hall–Kier alpha value is -2.10. The Balaban J connectivity index is 2.55. The van der Waals surface area contributed by atoms with Crippen LogP contribution in [0.2, 0.25) is 0 Å². The second-order valence-corrected chi connectivity index (χ2v) is 3.22. The molecule has 16 heavy (non-hydrogen) atoms. The summed E-state index contributed by atoms with van der Waals surface area (Å²) in [6, 6.07) is 5.96. The molecular formula is C12H10O4. The molecule has 1 aromatic heterocycles. The Bertz CT molecular complexity index is 583. The lowest BCUT2D eigenvalue weighted by Gasteiger charge is -2.02. The fourth-order valence-corrected chi connectivity index (χ4v) is 1.43. The standard InChI is InChI=1S/C12H10O4/c1-2-15-12(14)8-3-4-11-9(7-8)10(13)5-6-16-11/h3-7H,2H2,1H3. The maximum Gasteiger partial charge on any atom is 0.338 e. The highest BCUT2D eigenvalue weighted by Gasteiger charge is 2.08. The highest BCUT2D eigenvalue weighted by molar-refractivity contribution is 5.93. The highest BCUT2D eigenvalue weighted by atomic mass is 16.5. The van der Waals surface area contributed by atoms with Crippen molar-refractivity contribution in [3.05, 3.63) is 46.3 Å². The van der Waals surface area contributed by atoms with E-state index in [0.29, 0.717) is 23.1 Å². The molecule has 2 aromatic rings. The van der Waals surface area contributed by atoms with Crippen LogP contribution in [0.3, 0.4) is 0 Å². The molecule has 0 fully saturated rings. The minimum atomic E-state index is -0.437. The Morgan fingerprint density at radius 3 is 2.94 bits per heavy atom. The summed E-state index contributed by atoms with van der Waals surface area (Å²) in [7, 11) is 0. The van der Waals surface area contributed by atoms with Gasteiger partial charge in [0.2, 0.25) is 0 Å². The molecule has 0 saturated carbocycles. The number of fused-ring (bicyclic) bond motifs is 1. The van der Waals surface area contributed by atoms with E-state index in [1.54, 1.807) is 19.1 Å².